The van der Waals surface area contributed by atoms with Crippen LogP contribution in [-0.2, 0) is 16.8 Å². The Morgan fingerprint density at radius 3 is 2.52 bits per heavy atom. The molecule has 1 atom stereocenters. The molecule has 1 unspecified atom stereocenters. The van der Waals surface area contributed by atoms with Crippen molar-refractivity contribution in [1.29, 1.82) is 0 Å². The zero-order valence-corrected chi connectivity index (χ0v) is 17.6. The van der Waals surface area contributed by atoms with Gasteiger partial charge >= 0.3 is 0 Å². The van der Waals surface area contributed by atoms with Crippen molar-refractivity contribution in [2.75, 3.05) is 5.32 Å². The minimum atomic E-state index is -2.09. The molecule has 6 nitrogen and oxygen atoms in total. The van der Waals surface area contributed by atoms with E-state index in [1.165, 1.54) is 11.3 Å². The van der Waals surface area contributed by atoms with Crippen molar-refractivity contribution >= 4 is 39.0 Å². The Labute approximate surface area is 175 Å². The molecule has 0 aliphatic heterocycles. The lowest BCUT2D eigenvalue weighted by Gasteiger charge is -2.16. The molecule has 0 saturated carbocycles. The fourth-order valence-corrected chi connectivity index (χ4v) is 4.16. The molecule has 0 aliphatic carbocycles. The van der Waals surface area contributed by atoms with Crippen LogP contribution in [-0.4, -0.2) is 30.0 Å². The van der Waals surface area contributed by atoms with E-state index in [4.69, 9.17) is 0 Å². The van der Waals surface area contributed by atoms with Crippen molar-refractivity contribution in [1.82, 2.24) is 15.2 Å². The molecule has 8 heteroatoms. The smallest absolute Gasteiger partial charge is 0.136 e. The summed E-state index contributed by atoms with van der Waals surface area (Å²) >= 11 is -0.562. The average molecular weight is 424 g/mol. The van der Waals surface area contributed by atoms with E-state index in [2.05, 4.69) is 34.3 Å². The number of nitrogens with one attached hydrogen (secondary N) is 1. The largest absolute Gasteiger partial charge is 0.772 e. The number of aromatic nitrogens is 3. The van der Waals surface area contributed by atoms with E-state index in [9.17, 15) is 8.76 Å². The van der Waals surface area contributed by atoms with Crippen LogP contribution in [0.5, 0.6) is 0 Å². The van der Waals surface area contributed by atoms with Crippen LogP contribution >= 0.6 is 11.3 Å². The van der Waals surface area contributed by atoms with Gasteiger partial charge in [0.1, 0.15) is 11.4 Å². The summed E-state index contributed by atoms with van der Waals surface area (Å²) in [6.07, 6.45) is 0. The summed E-state index contributed by atoms with van der Waals surface area (Å²) in [6.45, 7) is 4.17. The van der Waals surface area contributed by atoms with Gasteiger partial charge in [-0.15, -0.1) is 21.5 Å². The fourth-order valence-electron chi connectivity index (χ4n) is 3.16. The van der Waals surface area contributed by atoms with Gasteiger partial charge in [-0.3, -0.25) is 4.21 Å². The van der Waals surface area contributed by atoms with Gasteiger partial charge in [-0.05, 0) is 42.7 Å². The molecule has 2 heterocycles. The molecule has 0 spiro atoms. The van der Waals surface area contributed by atoms with Gasteiger partial charge in [0.05, 0.1) is 16.7 Å². The van der Waals surface area contributed by atoms with Crippen molar-refractivity contribution in [2.24, 2.45) is 0 Å². The third kappa shape index (κ3) is 4.34. The second-order valence-corrected chi connectivity index (χ2v) is 8.59. The maximum absolute atomic E-state index is 10.9. The SMILES string of the molecule is CC(C)Nc1c(-c2cscn2)nnc2cc(-c3ccc(CS(=O)[O-])cc3)ccc12. The molecule has 0 amide bonds. The maximum atomic E-state index is 10.9. The Morgan fingerprint density at radius 1 is 1.10 bits per heavy atom. The normalized spacial score (nSPS) is 12.4. The van der Waals surface area contributed by atoms with Crippen molar-refractivity contribution in [3.8, 4) is 22.5 Å². The summed E-state index contributed by atoms with van der Waals surface area (Å²) in [7, 11) is 0. The lowest BCUT2D eigenvalue weighted by molar-refractivity contribution is 0.536. The number of benzene rings is 2. The molecule has 4 rings (SSSR count). The van der Waals surface area contributed by atoms with E-state index in [1.807, 2.05) is 47.8 Å². The van der Waals surface area contributed by atoms with Crippen LogP contribution in [0.3, 0.4) is 0 Å². The highest BCUT2D eigenvalue weighted by Gasteiger charge is 2.15. The predicted molar refractivity (Wildman–Crippen MR) is 117 cm³/mol. The van der Waals surface area contributed by atoms with Gasteiger partial charge in [-0.25, -0.2) is 4.98 Å². The van der Waals surface area contributed by atoms with E-state index >= 15 is 0 Å². The topological polar surface area (TPSA) is 90.8 Å². The minimum absolute atomic E-state index is 0.0209. The predicted octanol–water partition coefficient (Wildman–Crippen LogP) is 4.62. The van der Waals surface area contributed by atoms with E-state index < -0.39 is 11.1 Å². The van der Waals surface area contributed by atoms with Crippen LogP contribution in [0.1, 0.15) is 19.4 Å². The van der Waals surface area contributed by atoms with Gasteiger partial charge < -0.3 is 9.87 Å². The zero-order valence-electron chi connectivity index (χ0n) is 16.0. The van der Waals surface area contributed by atoms with Gasteiger partial charge in [0.2, 0.25) is 0 Å². The quantitative estimate of drug-likeness (QED) is 0.455. The molecular formula is C21H19N4O2S2-. The molecule has 148 valence electrons. The standard InChI is InChI=1S/C21H20N4O2S2/c1-13(2)23-20-17-8-7-16(15-5-3-14(4-6-15)11-29(26)27)9-18(17)24-25-21(20)19-10-28-12-22-19/h3-10,12-13H,11H2,1-2H3,(H,23,24)(H,26,27)/p-1. The maximum Gasteiger partial charge on any atom is 0.136 e. The number of thiazole rings is 1. The Morgan fingerprint density at radius 2 is 1.86 bits per heavy atom. The number of hydrogen-bond acceptors (Lipinski definition) is 7. The highest BCUT2D eigenvalue weighted by atomic mass is 32.2. The first kappa shape index (κ1) is 19.6. The number of nitrogens with zero attached hydrogens (tertiary/aromatic N) is 3. The second-order valence-electron chi connectivity index (χ2n) is 6.97. The van der Waals surface area contributed by atoms with Crippen molar-refractivity contribution in [2.45, 2.75) is 25.6 Å². The summed E-state index contributed by atoms with van der Waals surface area (Å²) in [5.41, 5.74) is 7.81. The number of fused-ring (bicyclic) bond motifs is 1. The first-order chi connectivity index (χ1) is 14.0. The van der Waals surface area contributed by atoms with Crippen LogP contribution in [0.4, 0.5) is 5.69 Å². The summed E-state index contributed by atoms with van der Waals surface area (Å²) in [5.74, 6) is 0.0209. The van der Waals surface area contributed by atoms with E-state index in [-0.39, 0.29) is 11.8 Å². The van der Waals surface area contributed by atoms with Crippen molar-refractivity contribution in [3.63, 3.8) is 0 Å². The van der Waals surface area contributed by atoms with E-state index in [0.29, 0.717) is 0 Å². The van der Waals surface area contributed by atoms with Crippen molar-refractivity contribution < 1.29 is 8.76 Å². The third-order valence-electron chi connectivity index (χ3n) is 4.44. The van der Waals surface area contributed by atoms with Crippen LogP contribution in [0.25, 0.3) is 33.4 Å². The molecule has 0 bridgehead atoms. The minimum Gasteiger partial charge on any atom is -0.772 e. The van der Waals surface area contributed by atoms with Gasteiger partial charge in [-0.1, -0.05) is 41.4 Å². The Balaban J connectivity index is 1.76. The lowest BCUT2D eigenvalue weighted by Crippen LogP contribution is -2.12. The molecule has 29 heavy (non-hydrogen) atoms. The zero-order chi connectivity index (χ0) is 20.4. The average Bonchev–Trinajstić information content (AvgIpc) is 3.22. The summed E-state index contributed by atoms with van der Waals surface area (Å²) < 4.78 is 21.7. The first-order valence-electron chi connectivity index (χ1n) is 9.12. The molecule has 1 N–H and O–H groups in total. The first-order valence-corrected chi connectivity index (χ1v) is 11.3. The van der Waals surface area contributed by atoms with Gasteiger partial charge in [0.25, 0.3) is 0 Å². The number of rotatable bonds is 6. The molecule has 4 aromatic rings. The molecule has 0 saturated heterocycles. The fraction of sp³-hybridized carbons (Fsp3) is 0.190. The van der Waals surface area contributed by atoms with Crippen LogP contribution < -0.4 is 5.32 Å². The van der Waals surface area contributed by atoms with E-state index in [1.54, 1.807) is 5.51 Å². The molecule has 0 fully saturated rings. The lowest BCUT2D eigenvalue weighted by atomic mass is 10.0. The Bertz CT molecular complexity index is 1160. The number of anilines is 1. The summed E-state index contributed by atoms with van der Waals surface area (Å²) in [5, 5.41) is 15.3. The monoisotopic (exact) mass is 423 g/mol. The van der Waals surface area contributed by atoms with E-state index in [0.717, 1.165) is 44.7 Å². The summed E-state index contributed by atoms with van der Waals surface area (Å²) in [4.78, 5) is 4.39. The second kappa shape index (κ2) is 8.36. The molecule has 2 aromatic carbocycles. The molecular weight excluding hydrogens is 404 g/mol. The Hall–Kier alpha value is -2.68. The number of hydrogen-bond donors (Lipinski definition) is 1. The molecule has 0 radical (unpaired) electrons. The van der Waals surface area contributed by atoms with Crippen LogP contribution in [0.15, 0.2) is 53.4 Å². The van der Waals surface area contributed by atoms with Crippen molar-refractivity contribution in [3.05, 3.63) is 58.9 Å². The van der Waals surface area contributed by atoms with Crippen LogP contribution in [0.2, 0.25) is 0 Å². The van der Waals surface area contributed by atoms with Crippen LogP contribution in [0, 0.1) is 0 Å². The van der Waals surface area contributed by atoms with Gasteiger partial charge in [0.15, 0.2) is 0 Å². The highest BCUT2D eigenvalue weighted by molar-refractivity contribution is 7.78. The highest BCUT2D eigenvalue weighted by Crippen LogP contribution is 2.34. The molecule has 0 aliphatic rings. The summed E-state index contributed by atoms with van der Waals surface area (Å²) in [6, 6.07) is 13.8. The van der Waals surface area contributed by atoms with Gasteiger partial charge in [-0.2, -0.15) is 0 Å². The Kier molecular flexibility index (Phi) is 5.66. The molecule has 2 aromatic heterocycles. The third-order valence-corrected chi connectivity index (χ3v) is 5.60. The van der Waals surface area contributed by atoms with Gasteiger partial charge in [0, 0.05) is 22.6 Å².